The number of hydrogen-bond donors (Lipinski definition) is 0. The van der Waals surface area contributed by atoms with Crippen molar-refractivity contribution < 1.29 is 4.74 Å². The fourth-order valence-electron chi connectivity index (χ4n) is 4.46. The number of aromatic nitrogens is 1. The van der Waals surface area contributed by atoms with E-state index in [4.69, 9.17) is 9.72 Å². The molecule has 4 aromatic rings. The average Bonchev–Trinajstić information content (AvgIpc) is 3.02. The zero-order valence-corrected chi connectivity index (χ0v) is 17.8. The van der Waals surface area contributed by atoms with E-state index >= 15 is 0 Å². The molecule has 0 saturated heterocycles. The van der Waals surface area contributed by atoms with Gasteiger partial charge in [0.15, 0.2) is 0 Å². The maximum Gasteiger partial charge on any atom is 0.133 e. The highest BCUT2D eigenvalue weighted by Crippen LogP contribution is 2.33. The van der Waals surface area contributed by atoms with E-state index in [9.17, 15) is 0 Å². The predicted octanol–water partition coefficient (Wildman–Crippen LogP) is 5.46. The molecule has 31 heavy (non-hydrogen) atoms. The van der Waals surface area contributed by atoms with Crippen molar-refractivity contribution >= 4 is 10.9 Å². The van der Waals surface area contributed by atoms with Crippen molar-refractivity contribution in [3.8, 4) is 5.75 Å². The van der Waals surface area contributed by atoms with Crippen LogP contribution in [-0.2, 0) is 25.8 Å². The molecule has 0 fully saturated rings. The van der Waals surface area contributed by atoms with Crippen LogP contribution >= 0.6 is 0 Å². The molecule has 156 valence electrons. The van der Waals surface area contributed by atoms with Gasteiger partial charge in [0, 0.05) is 49.1 Å². The molecule has 0 N–H and O–H groups in total. The minimum absolute atomic E-state index is 0.679. The summed E-state index contributed by atoms with van der Waals surface area (Å²) < 4.78 is 6.47. The minimum Gasteiger partial charge on any atom is -0.492 e. The Bertz CT molecular complexity index is 1140. The first kappa shape index (κ1) is 19.8. The lowest BCUT2D eigenvalue weighted by Gasteiger charge is -2.19. The summed E-state index contributed by atoms with van der Waals surface area (Å²) >= 11 is 0. The van der Waals surface area contributed by atoms with Crippen LogP contribution in [0.1, 0.15) is 22.4 Å². The van der Waals surface area contributed by atoms with Crippen LogP contribution in [0.4, 0.5) is 0 Å². The van der Waals surface area contributed by atoms with Crippen LogP contribution in [0.15, 0.2) is 84.9 Å². The van der Waals surface area contributed by atoms with Gasteiger partial charge in [0.2, 0.25) is 0 Å². The number of nitrogens with zero attached hydrogens (tertiary/aromatic N) is 2. The second kappa shape index (κ2) is 9.32. The molecule has 1 aliphatic rings. The van der Waals surface area contributed by atoms with Gasteiger partial charge in [-0.15, -0.1) is 0 Å². The van der Waals surface area contributed by atoms with Crippen LogP contribution in [0.5, 0.6) is 5.75 Å². The van der Waals surface area contributed by atoms with Gasteiger partial charge < -0.3 is 4.74 Å². The largest absolute Gasteiger partial charge is 0.492 e. The second-order valence-corrected chi connectivity index (χ2v) is 8.23. The Kier molecular flexibility index (Phi) is 5.94. The molecule has 0 aliphatic carbocycles. The van der Waals surface area contributed by atoms with Crippen LogP contribution in [0.25, 0.3) is 10.9 Å². The van der Waals surface area contributed by atoms with Crippen LogP contribution in [0.2, 0.25) is 0 Å². The molecule has 0 radical (unpaired) electrons. The first-order valence-electron chi connectivity index (χ1n) is 11.2. The summed E-state index contributed by atoms with van der Waals surface area (Å²) in [6.07, 6.45) is 2.84. The van der Waals surface area contributed by atoms with Gasteiger partial charge >= 0.3 is 0 Å². The van der Waals surface area contributed by atoms with Crippen molar-refractivity contribution in [1.82, 2.24) is 9.88 Å². The van der Waals surface area contributed by atoms with Crippen molar-refractivity contribution in [2.45, 2.75) is 25.8 Å². The standard InChI is InChI=1S/C28H28N2O/c1-3-9-22(10-4-1)17-20-31-28-24-13-7-8-14-26(24)29-27-16-19-30(18-15-25(27)28)21-23-11-5-2-6-12-23/h1-14H,15-21H2. The number of rotatable bonds is 6. The van der Waals surface area contributed by atoms with Crippen LogP contribution < -0.4 is 4.74 Å². The Hall–Kier alpha value is -3.17. The molecule has 0 amide bonds. The highest BCUT2D eigenvalue weighted by atomic mass is 16.5. The summed E-state index contributed by atoms with van der Waals surface area (Å²) in [6.45, 7) is 3.71. The number of pyridine rings is 1. The Balaban J connectivity index is 1.39. The van der Waals surface area contributed by atoms with E-state index in [2.05, 4.69) is 89.8 Å². The van der Waals surface area contributed by atoms with E-state index in [0.717, 1.165) is 55.5 Å². The van der Waals surface area contributed by atoms with Gasteiger partial charge in [-0.1, -0.05) is 72.8 Å². The summed E-state index contributed by atoms with van der Waals surface area (Å²) in [5, 5.41) is 1.13. The van der Waals surface area contributed by atoms with Crippen molar-refractivity contribution in [2.75, 3.05) is 19.7 Å². The van der Waals surface area contributed by atoms with Gasteiger partial charge in [-0.3, -0.25) is 9.88 Å². The lowest BCUT2D eigenvalue weighted by atomic mass is 10.0. The van der Waals surface area contributed by atoms with E-state index in [1.54, 1.807) is 0 Å². The van der Waals surface area contributed by atoms with Crippen LogP contribution in [0.3, 0.4) is 0 Å². The molecule has 1 aromatic heterocycles. The quantitative estimate of drug-likeness (QED) is 0.424. The van der Waals surface area contributed by atoms with Crippen molar-refractivity contribution in [1.29, 1.82) is 0 Å². The van der Waals surface area contributed by atoms with Gasteiger partial charge in [-0.05, 0) is 29.7 Å². The molecule has 0 saturated carbocycles. The zero-order valence-electron chi connectivity index (χ0n) is 17.8. The first-order valence-corrected chi connectivity index (χ1v) is 11.2. The molecule has 1 aliphatic heterocycles. The molecular weight excluding hydrogens is 380 g/mol. The van der Waals surface area contributed by atoms with E-state index in [0.29, 0.717) is 6.61 Å². The van der Waals surface area contributed by atoms with E-state index in [1.165, 1.54) is 22.4 Å². The maximum atomic E-state index is 6.47. The molecule has 3 heteroatoms. The number of ether oxygens (including phenoxy) is 1. The lowest BCUT2D eigenvalue weighted by Crippen LogP contribution is -2.25. The van der Waals surface area contributed by atoms with Crippen molar-refractivity contribution in [2.24, 2.45) is 0 Å². The van der Waals surface area contributed by atoms with Gasteiger partial charge in [0.25, 0.3) is 0 Å². The summed E-state index contributed by atoms with van der Waals surface area (Å²) in [4.78, 5) is 7.57. The molecule has 2 heterocycles. The second-order valence-electron chi connectivity index (χ2n) is 8.23. The van der Waals surface area contributed by atoms with Gasteiger partial charge in [-0.2, -0.15) is 0 Å². The smallest absolute Gasteiger partial charge is 0.133 e. The SMILES string of the molecule is c1ccc(CCOc2c3c(nc4ccccc24)CCN(Cc2ccccc2)CC3)cc1. The van der Waals surface area contributed by atoms with E-state index in [-0.39, 0.29) is 0 Å². The Labute approximate surface area is 184 Å². The Morgan fingerprint density at radius 3 is 2.23 bits per heavy atom. The maximum absolute atomic E-state index is 6.47. The third kappa shape index (κ3) is 4.62. The monoisotopic (exact) mass is 408 g/mol. The number of benzene rings is 3. The summed E-state index contributed by atoms with van der Waals surface area (Å²) in [6, 6.07) is 29.7. The molecular formula is C28H28N2O. The van der Waals surface area contributed by atoms with E-state index < -0.39 is 0 Å². The molecule has 0 unspecified atom stereocenters. The number of para-hydroxylation sites is 1. The Morgan fingerprint density at radius 1 is 0.742 bits per heavy atom. The number of hydrogen-bond acceptors (Lipinski definition) is 3. The summed E-state index contributed by atoms with van der Waals surface area (Å²) in [7, 11) is 0. The molecule has 0 bridgehead atoms. The molecule has 3 aromatic carbocycles. The average molecular weight is 409 g/mol. The van der Waals surface area contributed by atoms with Gasteiger partial charge in [0.05, 0.1) is 12.1 Å². The molecule has 0 spiro atoms. The first-order chi connectivity index (χ1) is 15.4. The summed E-state index contributed by atoms with van der Waals surface area (Å²) in [5.74, 6) is 1.04. The highest BCUT2D eigenvalue weighted by molar-refractivity contribution is 5.87. The fourth-order valence-corrected chi connectivity index (χ4v) is 4.46. The lowest BCUT2D eigenvalue weighted by molar-refractivity contribution is 0.277. The van der Waals surface area contributed by atoms with Gasteiger partial charge in [0.1, 0.15) is 5.75 Å². The molecule has 5 rings (SSSR count). The van der Waals surface area contributed by atoms with Crippen molar-refractivity contribution in [3.05, 3.63) is 107 Å². The van der Waals surface area contributed by atoms with Crippen molar-refractivity contribution in [3.63, 3.8) is 0 Å². The Morgan fingerprint density at radius 2 is 1.42 bits per heavy atom. The highest BCUT2D eigenvalue weighted by Gasteiger charge is 2.21. The fraction of sp³-hybridized carbons (Fsp3) is 0.250. The van der Waals surface area contributed by atoms with Gasteiger partial charge in [-0.25, -0.2) is 0 Å². The zero-order chi connectivity index (χ0) is 20.9. The predicted molar refractivity (Wildman–Crippen MR) is 127 cm³/mol. The molecule has 3 nitrogen and oxygen atoms in total. The third-order valence-electron chi connectivity index (χ3n) is 6.10. The minimum atomic E-state index is 0.679. The summed E-state index contributed by atoms with van der Waals surface area (Å²) in [5.41, 5.74) is 6.20. The molecule has 0 atom stereocenters. The van der Waals surface area contributed by atoms with E-state index in [1.807, 2.05) is 0 Å². The van der Waals surface area contributed by atoms with Crippen LogP contribution in [0, 0.1) is 0 Å². The third-order valence-corrected chi connectivity index (χ3v) is 6.10. The van der Waals surface area contributed by atoms with Crippen LogP contribution in [-0.4, -0.2) is 29.6 Å². The number of fused-ring (bicyclic) bond motifs is 2. The normalized spacial score (nSPS) is 14.2. The topological polar surface area (TPSA) is 25.4 Å².